The Morgan fingerprint density at radius 2 is 2.07 bits per heavy atom. The lowest BCUT2D eigenvalue weighted by Crippen LogP contribution is -1.98. The summed E-state index contributed by atoms with van der Waals surface area (Å²) in [4.78, 5) is 0. The van der Waals surface area contributed by atoms with Gasteiger partial charge in [0.05, 0.1) is 11.9 Å². The van der Waals surface area contributed by atoms with Crippen LogP contribution < -0.4 is 0 Å². The van der Waals surface area contributed by atoms with Gasteiger partial charge < -0.3 is 0 Å². The zero-order chi connectivity index (χ0) is 10.1. The molecule has 72 valence electrons. The molecule has 2 nitrogen and oxygen atoms in total. The van der Waals surface area contributed by atoms with Crippen molar-refractivity contribution in [2.75, 3.05) is 0 Å². The van der Waals surface area contributed by atoms with E-state index in [0.29, 0.717) is 0 Å². The van der Waals surface area contributed by atoms with Gasteiger partial charge in [-0.3, -0.25) is 0 Å². The molecule has 0 saturated heterocycles. The van der Waals surface area contributed by atoms with E-state index >= 15 is 0 Å². The van der Waals surface area contributed by atoms with Crippen molar-refractivity contribution in [2.24, 2.45) is 0 Å². The maximum Gasteiger partial charge on any atom is 0.0663 e. The molecule has 1 heterocycles. The van der Waals surface area contributed by atoms with Gasteiger partial charge in [0.25, 0.3) is 0 Å². The molecule has 0 amide bonds. The minimum Gasteiger partial charge on any atom is -0.238 e. The second-order valence-electron chi connectivity index (χ2n) is 3.30. The van der Waals surface area contributed by atoms with Gasteiger partial charge in [-0.05, 0) is 37.6 Å². The summed E-state index contributed by atoms with van der Waals surface area (Å²) in [6.07, 6.45) is 1.86. The van der Waals surface area contributed by atoms with Crippen molar-refractivity contribution in [3.05, 3.63) is 46.7 Å². The minimum absolute atomic E-state index is 0.732. The molecule has 14 heavy (non-hydrogen) atoms. The van der Waals surface area contributed by atoms with Crippen LogP contribution in [0, 0.1) is 13.8 Å². The van der Waals surface area contributed by atoms with Crippen molar-refractivity contribution in [3.8, 4) is 5.69 Å². The van der Waals surface area contributed by atoms with Crippen molar-refractivity contribution in [1.29, 1.82) is 0 Å². The van der Waals surface area contributed by atoms with Gasteiger partial charge in [0.2, 0.25) is 0 Å². The molecule has 2 aromatic rings. The van der Waals surface area contributed by atoms with Crippen LogP contribution in [-0.4, -0.2) is 9.78 Å². The van der Waals surface area contributed by atoms with E-state index in [1.165, 1.54) is 5.56 Å². The third-order valence-corrected chi connectivity index (χ3v) is 2.54. The van der Waals surface area contributed by atoms with Crippen LogP contribution in [0.15, 0.2) is 30.5 Å². The maximum atomic E-state index is 5.91. The highest BCUT2D eigenvalue weighted by Gasteiger charge is 2.04. The first-order valence-corrected chi connectivity index (χ1v) is 4.83. The highest BCUT2D eigenvalue weighted by Crippen LogP contribution is 2.17. The predicted molar refractivity (Wildman–Crippen MR) is 58.0 cm³/mol. The van der Waals surface area contributed by atoms with Crippen LogP contribution >= 0.6 is 11.6 Å². The third-order valence-electron chi connectivity index (χ3n) is 2.31. The van der Waals surface area contributed by atoms with E-state index in [1.54, 1.807) is 0 Å². The van der Waals surface area contributed by atoms with Crippen molar-refractivity contribution < 1.29 is 0 Å². The lowest BCUT2D eigenvalue weighted by Gasteiger charge is -2.04. The molecule has 1 aromatic carbocycles. The van der Waals surface area contributed by atoms with Crippen LogP contribution in [0.1, 0.15) is 11.3 Å². The van der Waals surface area contributed by atoms with Crippen molar-refractivity contribution >= 4 is 11.6 Å². The van der Waals surface area contributed by atoms with Crippen LogP contribution in [0.5, 0.6) is 0 Å². The molecule has 0 aliphatic rings. The summed E-state index contributed by atoms with van der Waals surface area (Å²) in [6.45, 7) is 4.09. The minimum atomic E-state index is 0.732. The molecule has 0 saturated carbocycles. The summed E-state index contributed by atoms with van der Waals surface area (Å²) in [5, 5.41) is 5.02. The highest BCUT2D eigenvalue weighted by molar-refractivity contribution is 6.30. The largest absolute Gasteiger partial charge is 0.238 e. The summed E-state index contributed by atoms with van der Waals surface area (Å²) in [5.74, 6) is 0. The summed E-state index contributed by atoms with van der Waals surface area (Å²) in [5.41, 5.74) is 3.33. The number of rotatable bonds is 1. The van der Waals surface area contributed by atoms with Crippen molar-refractivity contribution in [2.45, 2.75) is 13.8 Å². The number of aromatic nitrogens is 2. The molecule has 0 spiro atoms. The summed E-state index contributed by atoms with van der Waals surface area (Å²) < 4.78 is 1.89. The van der Waals surface area contributed by atoms with E-state index in [0.717, 1.165) is 16.4 Å². The van der Waals surface area contributed by atoms with E-state index < -0.39 is 0 Å². The molecular formula is C11H11ClN2. The first-order chi connectivity index (χ1) is 6.68. The highest BCUT2D eigenvalue weighted by atomic mass is 35.5. The molecule has 0 fully saturated rings. The zero-order valence-corrected chi connectivity index (χ0v) is 8.92. The monoisotopic (exact) mass is 206 g/mol. The smallest absolute Gasteiger partial charge is 0.0663 e. The molecule has 2 rings (SSSR count). The quantitative estimate of drug-likeness (QED) is 0.701. The first-order valence-electron chi connectivity index (χ1n) is 4.45. The van der Waals surface area contributed by atoms with E-state index in [1.807, 2.05) is 49.0 Å². The predicted octanol–water partition coefficient (Wildman–Crippen LogP) is 3.14. The van der Waals surface area contributed by atoms with Gasteiger partial charge in [0.1, 0.15) is 0 Å². The normalized spacial score (nSPS) is 10.5. The first kappa shape index (κ1) is 9.28. The Hall–Kier alpha value is -1.28. The average Bonchev–Trinajstić information content (AvgIpc) is 2.48. The third kappa shape index (κ3) is 1.53. The van der Waals surface area contributed by atoms with Gasteiger partial charge in [0, 0.05) is 10.7 Å². The number of nitrogens with zero attached hydrogens (tertiary/aromatic N) is 2. The molecule has 0 unspecified atom stereocenters. The number of hydrogen-bond acceptors (Lipinski definition) is 1. The standard InChI is InChI=1S/C11H11ClN2/c1-8-7-13-14(9(8)2)11-5-3-4-10(12)6-11/h3-7H,1-2H3. The molecular weight excluding hydrogens is 196 g/mol. The number of halogens is 1. The Labute approximate surface area is 88.1 Å². The topological polar surface area (TPSA) is 17.8 Å². The molecule has 0 radical (unpaired) electrons. The number of aryl methyl sites for hydroxylation is 1. The van der Waals surface area contributed by atoms with Gasteiger partial charge in [-0.2, -0.15) is 5.10 Å². The van der Waals surface area contributed by atoms with Crippen LogP contribution in [0.25, 0.3) is 5.69 Å². The van der Waals surface area contributed by atoms with Crippen LogP contribution in [0.2, 0.25) is 5.02 Å². The van der Waals surface area contributed by atoms with Gasteiger partial charge in [-0.25, -0.2) is 4.68 Å². The van der Waals surface area contributed by atoms with Gasteiger partial charge in [0.15, 0.2) is 0 Å². The van der Waals surface area contributed by atoms with E-state index in [9.17, 15) is 0 Å². The van der Waals surface area contributed by atoms with Crippen LogP contribution in [-0.2, 0) is 0 Å². The maximum absolute atomic E-state index is 5.91. The van der Waals surface area contributed by atoms with Gasteiger partial charge in [-0.1, -0.05) is 17.7 Å². The molecule has 1 aromatic heterocycles. The second-order valence-corrected chi connectivity index (χ2v) is 3.74. The number of benzene rings is 1. The van der Waals surface area contributed by atoms with Crippen molar-refractivity contribution in [1.82, 2.24) is 9.78 Å². The van der Waals surface area contributed by atoms with E-state index in [4.69, 9.17) is 11.6 Å². The van der Waals surface area contributed by atoms with Crippen LogP contribution in [0.3, 0.4) is 0 Å². The second kappa shape index (κ2) is 3.46. The molecule has 0 atom stereocenters. The Morgan fingerprint density at radius 1 is 1.29 bits per heavy atom. The lowest BCUT2D eigenvalue weighted by atomic mass is 10.3. The lowest BCUT2D eigenvalue weighted by molar-refractivity contribution is 0.846. The Bertz CT molecular complexity index is 460. The zero-order valence-electron chi connectivity index (χ0n) is 8.16. The van der Waals surface area contributed by atoms with E-state index in [2.05, 4.69) is 5.10 Å². The summed E-state index contributed by atoms with van der Waals surface area (Å²) in [7, 11) is 0. The van der Waals surface area contributed by atoms with Gasteiger partial charge in [-0.15, -0.1) is 0 Å². The van der Waals surface area contributed by atoms with Crippen LogP contribution in [0.4, 0.5) is 0 Å². The molecule has 0 N–H and O–H groups in total. The number of hydrogen-bond donors (Lipinski definition) is 0. The Morgan fingerprint density at radius 3 is 2.64 bits per heavy atom. The van der Waals surface area contributed by atoms with Gasteiger partial charge >= 0.3 is 0 Å². The summed E-state index contributed by atoms with van der Waals surface area (Å²) >= 11 is 5.91. The summed E-state index contributed by atoms with van der Waals surface area (Å²) in [6, 6.07) is 7.68. The Balaban J connectivity index is 2.55. The molecule has 3 heteroatoms. The fourth-order valence-electron chi connectivity index (χ4n) is 1.36. The fourth-order valence-corrected chi connectivity index (χ4v) is 1.54. The molecule has 0 bridgehead atoms. The van der Waals surface area contributed by atoms with E-state index in [-0.39, 0.29) is 0 Å². The fraction of sp³-hybridized carbons (Fsp3) is 0.182. The van der Waals surface area contributed by atoms with Crippen molar-refractivity contribution in [3.63, 3.8) is 0 Å². The molecule has 0 aliphatic heterocycles. The molecule has 0 aliphatic carbocycles. The average molecular weight is 207 g/mol. The SMILES string of the molecule is Cc1cnn(-c2cccc(Cl)c2)c1C. The Kier molecular flexibility index (Phi) is 2.30.